The number of hydrogen-bond donors (Lipinski definition) is 0. The van der Waals surface area contributed by atoms with E-state index in [1.807, 2.05) is 12.1 Å². The van der Waals surface area contributed by atoms with E-state index >= 15 is 0 Å². The second-order valence-electron chi connectivity index (χ2n) is 8.54. The number of amidine groups is 1. The van der Waals surface area contributed by atoms with Gasteiger partial charge in [0.1, 0.15) is 0 Å². The molecule has 28 heavy (non-hydrogen) atoms. The molecule has 4 aliphatic rings. The maximum atomic E-state index is 12.6. The monoisotopic (exact) mass is 438 g/mol. The second-order valence-corrected chi connectivity index (χ2v) is 12.3. The fourth-order valence-electron chi connectivity index (χ4n) is 5.45. The van der Waals surface area contributed by atoms with Gasteiger partial charge in [-0.3, -0.25) is 4.79 Å². The molecule has 0 aromatic heterocycles. The van der Waals surface area contributed by atoms with Gasteiger partial charge >= 0.3 is 0 Å². The third kappa shape index (κ3) is 3.50. The smallest absolute Gasteiger partial charge is 0.252 e. The molecule has 150 valence electrons. The van der Waals surface area contributed by atoms with E-state index in [4.69, 9.17) is 11.6 Å². The number of aliphatic imine (C=N–C) groups is 1. The van der Waals surface area contributed by atoms with Gasteiger partial charge in [-0.1, -0.05) is 41.9 Å². The molecule has 0 N–H and O–H groups in total. The summed E-state index contributed by atoms with van der Waals surface area (Å²) in [6.45, 7) is 0. The Morgan fingerprint density at radius 1 is 1.14 bits per heavy atom. The van der Waals surface area contributed by atoms with E-state index in [0.717, 1.165) is 23.1 Å². The van der Waals surface area contributed by atoms with Crippen molar-refractivity contribution in [2.45, 2.75) is 49.4 Å². The molecular formula is C20H23ClN2O3S2. The zero-order valence-electron chi connectivity index (χ0n) is 15.5. The van der Waals surface area contributed by atoms with Crippen LogP contribution in [0.5, 0.6) is 0 Å². The van der Waals surface area contributed by atoms with Gasteiger partial charge in [-0.25, -0.2) is 8.42 Å². The Hall–Kier alpha value is -1.05. The van der Waals surface area contributed by atoms with Gasteiger partial charge < -0.3 is 4.90 Å². The summed E-state index contributed by atoms with van der Waals surface area (Å²) in [5, 5.41) is 1.40. The molecule has 1 aromatic rings. The molecule has 5 atom stereocenters. The van der Waals surface area contributed by atoms with Crippen molar-refractivity contribution in [3.8, 4) is 0 Å². The number of rotatable bonds is 3. The van der Waals surface area contributed by atoms with Gasteiger partial charge in [-0.15, -0.1) is 0 Å². The van der Waals surface area contributed by atoms with Crippen molar-refractivity contribution in [2.75, 3.05) is 11.5 Å². The van der Waals surface area contributed by atoms with Crippen LogP contribution in [0.3, 0.4) is 0 Å². The first-order chi connectivity index (χ1) is 13.4. The van der Waals surface area contributed by atoms with Crippen LogP contribution in [0, 0.1) is 11.8 Å². The van der Waals surface area contributed by atoms with Crippen molar-refractivity contribution >= 4 is 44.3 Å². The van der Waals surface area contributed by atoms with Crippen molar-refractivity contribution in [2.24, 2.45) is 16.8 Å². The zero-order valence-corrected chi connectivity index (χ0v) is 17.8. The van der Waals surface area contributed by atoms with Gasteiger partial charge in [0, 0.05) is 16.3 Å². The highest BCUT2D eigenvalue weighted by Gasteiger charge is 2.54. The van der Waals surface area contributed by atoms with E-state index in [1.165, 1.54) is 31.0 Å². The number of amides is 1. The molecule has 8 heteroatoms. The Labute approximate surface area is 174 Å². The van der Waals surface area contributed by atoms with E-state index in [2.05, 4.69) is 9.89 Å². The number of sulfone groups is 1. The standard InChI is InChI=1S/C20H23ClN2O3S2/c21-15-5-2-12(3-6-15)9-19(24)22-20-23(16-8-13-1-4-14(16)7-13)17-10-28(25,26)11-18(17)27-20/h2-3,5-6,13-14,16-18H,1,4,7-11H2/t13-,14-,16+,17-,18+/m0/s1. The fraction of sp³-hybridized carbons (Fsp3) is 0.600. The number of fused-ring (bicyclic) bond motifs is 3. The van der Waals surface area contributed by atoms with Gasteiger partial charge in [0.15, 0.2) is 15.0 Å². The summed E-state index contributed by atoms with van der Waals surface area (Å²) in [5.41, 5.74) is 0.885. The summed E-state index contributed by atoms with van der Waals surface area (Å²) in [6, 6.07) is 7.56. The van der Waals surface area contributed by atoms with E-state index in [1.54, 1.807) is 12.1 Å². The number of thioether (sulfide) groups is 1. The molecule has 5 nitrogen and oxygen atoms in total. The largest absolute Gasteiger partial charge is 0.343 e. The molecule has 1 amide bonds. The van der Waals surface area contributed by atoms with Crippen molar-refractivity contribution < 1.29 is 13.2 Å². The molecule has 2 saturated carbocycles. The summed E-state index contributed by atoms with van der Waals surface area (Å²) in [4.78, 5) is 19.4. The molecule has 2 aliphatic heterocycles. The highest BCUT2D eigenvalue weighted by atomic mass is 35.5. The van der Waals surface area contributed by atoms with Crippen molar-refractivity contribution in [3.63, 3.8) is 0 Å². The Morgan fingerprint density at radius 3 is 2.61 bits per heavy atom. The quantitative estimate of drug-likeness (QED) is 0.725. The zero-order chi connectivity index (χ0) is 19.5. The molecule has 2 saturated heterocycles. The maximum absolute atomic E-state index is 12.6. The minimum Gasteiger partial charge on any atom is -0.343 e. The average Bonchev–Trinajstić information content (AvgIpc) is 3.36. The fourth-order valence-corrected chi connectivity index (χ4v) is 9.57. The number of carbonyl (C=O) groups excluding carboxylic acids is 1. The first-order valence-corrected chi connectivity index (χ1v) is 13.0. The van der Waals surface area contributed by atoms with Crippen LogP contribution in [0.1, 0.15) is 31.2 Å². The Morgan fingerprint density at radius 2 is 1.93 bits per heavy atom. The van der Waals surface area contributed by atoms with Gasteiger partial charge in [0.25, 0.3) is 5.91 Å². The van der Waals surface area contributed by atoms with E-state index in [9.17, 15) is 13.2 Å². The summed E-state index contributed by atoms with van der Waals surface area (Å²) in [5.74, 6) is 1.58. The van der Waals surface area contributed by atoms with E-state index in [-0.39, 0.29) is 35.1 Å². The average molecular weight is 439 g/mol. The molecule has 0 unspecified atom stereocenters. The molecule has 2 aliphatic carbocycles. The van der Waals surface area contributed by atoms with Crippen LogP contribution in [-0.2, 0) is 21.1 Å². The molecule has 2 heterocycles. The summed E-state index contributed by atoms with van der Waals surface area (Å²) in [6.07, 6.45) is 5.09. The first-order valence-electron chi connectivity index (χ1n) is 9.89. The van der Waals surface area contributed by atoms with Crippen LogP contribution in [0.2, 0.25) is 5.02 Å². The highest BCUT2D eigenvalue weighted by molar-refractivity contribution is 8.15. The minimum absolute atomic E-state index is 0.00575. The summed E-state index contributed by atoms with van der Waals surface area (Å²) < 4.78 is 24.4. The predicted molar refractivity (Wildman–Crippen MR) is 112 cm³/mol. The Bertz CT molecular complexity index is 931. The van der Waals surface area contributed by atoms with Crippen LogP contribution in [-0.4, -0.2) is 53.2 Å². The van der Waals surface area contributed by atoms with Crippen molar-refractivity contribution in [1.29, 1.82) is 0 Å². The molecule has 0 spiro atoms. The van der Waals surface area contributed by atoms with Gasteiger partial charge in [0.2, 0.25) is 0 Å². The number of benzene rings is 1. The molecular weight excluding hydrogens is 416 g/mol. The number of hydrogen-bond acceptors (Lipinski definition) is 4. The maximum Gasteiger partial charge on any atom is 0.252 e. The molecule has 4 fully saturated rings. The van der Waals surface area contributed by atoms with Crippen molar-refractivity contribution in [3.05, 3.63) is 34.9 Å². The minimum atomic E-state index is -3.00. The van der Waals surface area contributed by atoms with E-state index in [0.29, 0.717) is 17.0 Å². The third-order valence-corrected chi connectivity index (χ3v) is 10.1. The van der Waals surface area contributed by atoms with Crippen LogP contribution < -0.4 is 0 Å². The Balaban J connectivity index is 1.40. The molecule has 2 bridgehead atoms. The summed E-state index contributed by atoms with van der Waals surface area (Å²) >= 11 is 7.42. The van der Waals surface area contributed by atoms with Gasteiger partial charge in [-0.05, 0) is 48.8 Å². The highest BCUT2D eigenvalue weighted by Crippen LogP contribution is 2.51. The molecule has 5 rings (SSSR count). The SMILES string of the molecule is O=C(Cc1ccc(Cl)cc1)N=C1S[C@@H]2CS(=O)(=O)C[C@@H]2N1[C@@H]1C[C@H]2CC[C@H]1C2. The van der Waals surface area contributed by atoms with E-state index < -0.39 is 9.84 Å². The lowest BCUT2D eigenvalue weighted by Crippen LogP contribution is -2.47. The number of carbonyl (C=O) groups is 1. The predicted octanol–water partition coefficient (Wildman–Crippen LogP) is 3.17. The van der Waals surface area contributed by atoms with Crippen LogP contribution in [0.15, 0.2) is 29.3 Å². The Kier molecular flexibility index (Phi) is 4.75. The lowest BCUT2D eigenvalue weighted by molar-refractivity contribution is -0.117. The lowest BCUT2D eigenvalue weighted by Gasteiger charge is -2.36. The topological polar surface area (TPSA) is 66.8 Å². The first kappa shape index (κ1) is 18.9. The number of nitrogens with zero attached hydrogens (tertiary/aromatic N) is 2. The van der Waals surface area contributed by atoms with Crippen LogP contribution in [0.25, 0.3) is 0 Å². The van der Waals surface area contributed by atoms with Gasteiger partial charge in [0.05, 0.1) is 24.0 Å². The van der Waals surface area contributed by atoms with Crippen LogP contribution >= 0.6 is 23.4 Å². The third-order valence-electron chi connectivity index (χ3n) is 6.65. The van der Waals surface area contributed by atoms with Crippen molar-refractivity contribution in [1.82, 2.24) is 4.90 Å². The molecule has 1 aromatic carbocycles. The van der Waals surface area contributed by atoms with Gasteiger partial charge in [-0.2, -0.15) is 4.99 Å². The number of halogens is 1. The normalized spacial score (nSPS) is 37.0. The lowest BCUT2D eigenvalue weighted by atomic mass is 9.93. The van der Waals surface area contributed by atoms with Crippen LogP contribution in [0.4, 0.5) is 0 Å². The molecule has 0 radical (unpaired) electrons. The second kappa shape index (κ2) is 7.03. The summed E-state index contributed by atoms with van der Waals surface area (Å²) in [7, 11) is -3.00.